The van der Waals surface area contributed by atoms with Crippen LogP contribution in [-0.4, -0.2) is 13.4 Å². The number of ether oxygens (including phenoxy) is 1. The van der Waals surface area contributed by atoms with Gasteiger partial charge in [-0.1, -0.05) is 0 Å². The van der Waals surface area contributed by atoms with E-state index in [1.54, 1.807) is 0 Å². The van der Waals surface area contributed by atoms with E-state index in [-0.39, 0.29) is 10.6 Å². The summed E-state index contributed by atoms with van der Waals surface area (Å²) in [6.45, 7) is 0. The van der Waals surface area contributed by atoms with E-state index in [2.05, 4.69) is 4.98 Å². The first-order chi connectivity index (χ1) is 9.68. The van der Waals surface area contributed by atoms with Gasteiger partial charge in [0, 0.05) is 6.20 Å². The maximum Gasteiger partial charge on any atom is 0.421 e. The summed E-state index contributed by atoms with van der Waals surface area (Å²) in [7, 11) is -3.88. The maximum absolute atomic E-state index is 12.8. The van der Waals surface area contributed by atoms with E-state index in [0.717, 1.165) is 30.5 Å². The molecule has 9 heteroatoms. The predicted octanol–water partition coefficient (Wildman–Crippen LogP) is 2.54. The van der Waals surface area contributed by atoms with E-state index >= 15 is 0 Å². The maximum atomic E-state index is 12.8. The summed E-state index contributed by atoms with van der Waals surface area (Å²) < 4.78 is 65.4. The van der Waals surface area contributed by atoms with Crippen molar-refractivity contribution in [2.45, 2.75) is 11.1 Å². The van der Waals surface area contributed by atoms with Crippen LogP contribution in [0.25, 0.3) is 0 Å². The van der Waals surface area contributed by atoms with E-state index in [1.807, 2.05) is 0 Å². The van der Waals surface area contributed by atoms with Crippen LogP contribution in [-0.2, 0) is 16.2 Å². The number of hydrogen-bond donors (Lipinski definition) is 1. The fourth-order valence-electron chi connectivity index (χ4n) is 1.50. The lowest BCUT2D eigenvalue weighted by Gasteiger charge is -2.12. The van der Waals surface area contributed by atoms with E-state index in [4.69, 9.17) is 9.88 Å². The molecule has 2 rings (SSSR count). The third-order valence-electron chi connectivity index (χ3n) is 2.44. The van der Waals surface area contributed by atoms with Gasteiger partial charge < -0.3 is 4.74 Å². The van der Waals surface area contributed by atoms with E-state index < -0.39 is 27.6 Å². The van der Waals surface area contributed by atoms with Gasteiger partial charge in [-0.05, 0) is 36.4 Å². The largest absolute Gasteiger partial charge is 0.438 e. The van der Waals surface area contributed by atoms with Crippen LogP contribution in [0, 0.1) is 0 Å². The summed E-state index contributed by atoms with van der Waals surface area (Å²) in [5.41, 5.74) is -1.03. The van der Waals surface area contributed by atoms with Crippen LogP contribution in [0.3, 0.4) is 0 Å². The zero-order valence-electron chi connectivity index (χ0n) is 10.3. The fourth-order valence-corrected chi connectivity index (χ4v) is 2.01. The van der Waals surface area contributed by atoms with Crippen molar-refractivity contribution in [1.82, 2.24) is 4.98 Å². The number of nitrogens with zero attached hydrogens (tertiary/aromatic N) is 1. The molecule has 21 heavy (non-hydrogen) atoms. The first-order valence-corrected chi connectivity index (χ1v) is 7.05. The highest BCUT2D eigenvalue weighted by Crippen LogP contribution is 2.36. The highest BCUT2D eigenvalue weighted by Gasteiger charge is 2.35. The summed E-state index contributed by atoms with van der Waals surface area (Å²) >= 11 is 0. The highest BCUT2D eigenvalue weighted by molar-refractivity contribution is 7.89. The predicted molar refractivity (Wildman–Crippen MR) is 67.1 cm³/mol. The molecule has 0 aliphatic rings. The molecule has 1 heterocycles. The zero-order chi connectivity index (χ0) is 15.7. The molecular formula is C12H9F3N2O3S. The second-order valence-electron chi connectivity index (χ2n) is 3.97. The number of halogens is 3. The molecule has 0 spiro atoms. The lowest BCUT2D eigenvalue weighted by Crippen LogP contribution is -2.11. The Morgan fingerprint density at radius 2 is 1.71 bits per heavy atom. The highest BCUT2D eigenvalue weighted by atomic mass is 32.2. The van der Waals surface area contributed by atoms with Crippen LogP contribution in [0.2, 0.25) is 0 Å². The minimum Gasteiger partial charge on any atom is -0.438 e. The average Bonchev–Trinajstić information content (AvgIpc) is 2.37. The minimum atomic E-state index is -4.61. The molecular weight excluding hydrogens is 309 g/mol. The molecule has 0 fully saturated rings. The third kappa shape index (κ3) is 3.70. The van der Waals surface area contributed by atoms with Crippen LogP contribution in [0.4, 0.5) is 13.2 Å². The van der Waals surface area contributed by atoms with Crippen molar-refractivity contribution in [2.24, 2.45) is 5.14 Å². The van der Waals surface area contributed by atoms with Crippen molar-refractivity contribution >= 4 is 10.0 Å². The fraction of sp³-hybridized carbons (Fsp3) is 0.0833. The second-order valence-corrected chi connectivity index (χ2v) is 5.53. The quantitative estimate of drug-likeness (QED) is 0.943. The van der Waals surface area contributed by atoms with Crippen molar-refractivity contribution in [3.05, 3.63) is 48.2 Å². The Kier molecular flexibility index (Phi) is 3.88. The van der Waals surface area contributed by atoms with Crippen LogP contribution in [0.1, 0.15) is 5.56 Å². The van der Waals surface area contributed by atoms with Gasteiger partial charge in [0.2, 0.25) is 15.9 Å². The van der Waals surface area contributed by atoms with Crippen LogP contribution >= 0.6 is 0 Å². The monoisotopic (exact) mass is 318 g/mol. The Morgan fingerprint density at radius 1 is 1.10 bits per heavy atom. The molecule has 2 N–H and O–H groups in total. The summed E-state index contributed by atoms with van der Waals surface area (Å²) in [5.74, 6) is -0.611. The van der Waals surface area contributed by atoms with Gasteiger partial charge in [0.05, 0.1) is 4.90 Å². The summed E-state index contributed by atoms with van der Waals surface area (Å²) in [6.07, 6.45) is -3.45. The Labute approximate surface area is 118 Å². The van der Waals surface area contributed by atoms with Crippen molar-refractivity contribution in [3.8, 4) is 11.6 Å². The number of hydrogen-bond acceptors (Lipinski definition) is 4. The Morgan fingerprint density at radius 3 is 2.24 bits per heavy atom. The molecule has 0 radical (unpaired) electrons. The van der Waals surface area contributed by atoms with Crippen molar-refractivity contribution in [2.75, 3.05) is 0 Å². The number of rotatable bonds is 3. The van der Waals surface area contributed by atoms with Crippen LogP contribution in [0.15, 0.2) is 47.5 Å². The Hall–Kier alpha value is -2.13. The summed E-state index contributed by atoms with van der Waals surface area (Å²) in [5, 5.41) is 4.91. The first kappa shape index (κ1) is 15.3. The summed E-state index contributed by atoms with van der Waals surface area (Å²) in [6, 6.07) is 6.60. The lowest BCUT2D eigenvalue weighted by atomic mass is 10.2. The molecule has 0 bridgehead atoms. The number of sulfonamides is 1. The molecule has 0 aliphatic heterocycles. The first-order valence-electron chi connectivity index (χ1n) is 5.51. The topological polar surface area (TPSA) is 82.3 Å². The van der Waals surface area contributed by atoms with Gasteiger partial charge in [-0.15, -0.1) is 0 Å². The van der Waals surface area contributed by atoms with Gasteiger partial charge in [0.15, 0.2) is 0 Å². The number of nitrogens with two attached hydrogens (primary N) is 1. The molecule has 1 aromatic carbocycles. The molecule has 0 amide bonds. The van der Waals surface area contributed by atoms with Crippen molar-refractivity contribution in [1.29, 1.82) is 0 Å². The van der Waals surface area contributed by atoms with Gasteiger partial charge in [0.1, 0.15) is 11.3 Å². The molecule has 2 aromatic rings. The Balaban J connectivity index is 2.31. The van der Waals surface area contributed by atoms with E-state index in [9.17, 15) is 21.6 Å². The van der Waals surface area contributed by atoms with Gasteiger partial charge >= 0.3 is 6.18 Å². The number of pyridine rings is 1. The lowest BCUT2D eigenvalue weighted by molar-refractivity contribution is -0.138. The SMILES string of the molecule is NS(=O)(=O)c1ccc(Oc2ncccc2C(F)(F)F)cc1. The Bertz CT molecular complexity index is 743. The van der Waals surface area contributed by atoms with Crippen molar-refractivity contribution in [3.63, 3.8) is 0 Å². The number of alkyl halides is 3. The van der Waals surface area contributed by atoms with E-state index in [1.165, 1.54) is 12.1 Å². The molecule has 0 saturated heterocycles. The van der Waals surface area contributed by atoms with E-state index in [0.29, 0.717) is 0 Å². The molecule has 0 atom stereocenters. The molecule has 0 aliphatic carbocycles. The molecule has 112 valence electrons. The number of aromatic nitrogens is 1. The van der Waals surface area contributed by atoms with Gasteiger partial charge in [0.25, 0.3) is 0 Å². The van der Waals surface area contributed by atoms with Gasteiger partial charge in [-0.25, -0.2) is 18.5 Å². The summed E-state index contributed by atoms with van der Waals surface area (Å²) in [4.78, 5) is 3.35. The van der Waals surface area contributed by atoms with Gasteiger partial charge in [-0.2, -0.15) is 13.2 Å². The number of primary sulfonamides is 1. The second kappa shape index (κ2) is 5.34. The van der Waals surface area contributed by atoms with Crippen LogP contribution < -0.4 is 9.88 Å². The zero-order valence-corrected chi connectivity index (χ0v) is 11.1. The third-order valence-corrected chi connectivity index (χ3v) is 3.37. The average molecular weight is 318 g/mol. The van der Waals surface area contributed by atoms with Gasteiger partial charge in [-0.3, -0.25) is 0 Å². The molecule has 0 saturated carbocycles. The molecule has 0 unspecified atom stereocenters. The van der Waals surface area contributed by atoms with Crippen molar-refractivity contribution < 1.29 is 26.3 Å². The number of benzene rings is 1. The molecule has 1 aromatic heterocycles. The normalized spacial score (nSPS) is 12.2. The molecule has 5 nitrogen and oxygen atoms in total. The van der Waals surface area contributed by atoms with Crippen LogP contribution in [0.5, 0.6) is 11.6 Å². The standard InChI is InChI=1S/C12H9F3N2O3S/c13-12(14,15)10-2-1-7-17-11(10)20-8-3-5-9(6-4-8)21(16,18)19/h1-7H,(H2,16,18,19). The minimum absolute atomic E-state index is 0.00611. The smallest absolute Gasteiger partial charge is 0.421 e.